The van der Waals surface area contributed by atoms with Crippen LogP contribution in [0.25, 0.3) is 0 Å². The van der Waals surface area contributed by atoms with Gasteiger partial charge in [0.15, 0.2) is 0 Å². The lowest BCUT2D eigenvalue weighted by Crippen LogP contribution is -2.12. The molecule has 0 unspecified atom stereocenters. The third-order valence-corrected chi connectivity index (χ3v) is 2.20. The van der Waals surface area contributed by atoms with E-state index in [0.29, 0.717) is 0 Å². The van der Waals surface area contributed by atoms with E-state index in [-0.39, 0.29) is 6.04 Å². The number of nitrogens with two attached hydrogens (primary N) is 1. The van der Waals surface area contributed by atoms with Crippen LogP contribution in [-0.4, -0.2) is 4.98 Å². The van der Waals surface area contributed by atoms with Crippen molar-refractivity contribution in [2.24, 2.45) is 11.7 Å². The molecule has 1 atom stereocenters. The Kier molecular flexibility index (Phi) is 1.62. The maximum atomic E-state index is 5.96. The van der Waals surface area contributed by atoms with Crippen molar-refractivity contribution >= 4 is 0 Å². The van der Waals surface area contributed by atoms with Crippen LogP contribution in [0.4, 0.5) is 0 Å². The summed E-state index contributed by atoms with van der Waals surface area (Å²) < 4.78 is 0. The largest absolute Gasteiger partial charge is 0.324 e. The van der Waals surface area contributed by atoms with Crippen molar-refractivity contribution in [1.82, 2.24) is 4.98 Å². The highest BCUT2D eigenvalue weighted by molar-refractivity contribution is 5.15. The molecule has 1 fully saturated rings. The molecule has 11 heavy (non-hydrogen) atoms. The van der Waals surface area contributed by atoms with E-state index < -0.39 is 0 Å². The molecule has 0 bridgehead atoms. The van der Waals surface area contributed by atoms with Crippen LogP contribution in [0, 0.1) is 5.92 Å². The lowest BCUT2D eigenvalue weighted by Gasteiger charge is -2.08. The van der Waals surface area contributed by atoms with Crippen LogP contribution in [0.3, 0.4) is 0 Å². The van der Waals surface area contributed by atoms with Crippen LogP contribution >= 0.6 is 0 Å². The normalized spacial score (nSPS) is 19.7. The summed E-state index contributed by atoms with van der Waals surface area (Å²) in [6, 6.07) is 4.22. The lowest BCUT2D eigenvalue weighted by atomic mass is 10.1. The second-order valence-electron chi connectivity index (χ2n) is 3.15. The molecule has 2 N–H and O–H groups in total. The molecular formula is C9H12N2. The molecule has 0 spiro atoms. The zero-order valence-corrected chi connectivity index (χ0v) is 6.40. The summed E-state index contributed by atoms with van der Waals surface area (Å²) in [6.45, 7) is 0. The van der Waals surface area contributed by atoms with Gasteiger partial charge in [-0.1, -0.05) is 6.07 Å². The Hall–Kier alpha value is -0.890. The van der Waals surface area contributed by atoms with E-state index in [9.17, 15) is 0 Å². The SMILES string of the molecule is N[C@@H](c1cccnc1)C1CC1. The molecule has 0 amide bonds. The first-order valence-corrected chi connectivity index (χ1v) is 4.03. The molecule has 2 nitrogen and oxygen atoms in total. The first-order chi connectivity index (χ1) is 5.38. The molecule has 0 radical (unpaired) electrons. The van der Waals surface area contributed by atoms with Crippen LogP contribution in [0.2, 0.25) is 0 Å². The molecule has 0 saturated heterocycles. The molecule has 1 saturated carbocycles. The summed E-state index contributed by atoms with van der Waals surface area (Å²) in [5, 5.41) is 0. The van der Waals surface area contributed by atoms with Gasteiger partial charge in [-0.05, 0) is 30.4 Å². The number of nitrogens with zero attached hydrogens (tertiary/aromatic N) is 1. The Morgan fingerprint density at radius 1 is 1.55 bits per heavy atom. The summed E-state index contributed by atoms with van der Waals surface area (Å²) in [6.07, 6.45) is 6.22. The Balaban J connectivity index is 2.15. The summed E-state index contributed by atoms with van der Waals surface area (Å²) >= 11 is 0. The highest BCUT2D eigenvalue weighted by Gasteiger charge is 2.29. The van der Waals surface area contributed by atoms with Gasteiger partial charge in [0.05, 0.1) is 0 Å². The fraction of sp³-hybridized carbons (Fsp3) is 0.444. The third-order valence-electron chi connectivity index (χ3n) is 2.20. The van der Waals surface area contributed by atoms with Gasteiger partial charge in [-0.15, -0.1) is 0 Å². The fourth-order valence-electron chi connectivity index (χ4n) is 1.30. The Labute approximate surface area is 66.4 Å². The minimum absolute atomic E-state index is 0.226. The minimum Gasteiger partial charge on any atom is -0.324 e. The summed E-state index contributed by atoms with van der Waals surface area (Å²) in [4.78, 5) is 4.04. The van der Waals surface area contributed by atoms with Crippen LogP contribution in [0.15, 0.2) is 24.5 Å². The van der Waals surface area contributed by atoms with Gasteiger partial charge in [0.2, 0.25) is 0 Å². The average Bonchev–Trinajstić information content (AvgIpc) is 2.87. The number of pyridine rings is 1. The average molecular weight is 148 g/mol. The quantitative estimate of drug-likeness (QED) is 0.690. The van der Waals surface area contributed by atoms with Gasteiger partial charge < -0.3 is 5.73 Å². The monoisotopic (exact) mass is 148 g/mol. The van der Waals surface area contributed by atoms with Crippen LogP contribution < -0.4 is 5.73 Å². The van der Waals surface area contributed by atoms with E-state index in [4.69, 9.17) is 5.73 Å². The first kappa shape index (κ1) is 6.80. The van der Waals surface area contributed by atoms with Crippen molar-refractivity contribution in [2.75, 3.05) is 0 Å². The van der Waals surface area contributed by atoms with E-state index in [1.165, 1.54) is 18.4 Å². The number of rotatable bonds is 2. The third kappa shape index (κ3) is 1.40. The molecule has 1 heterocycles. The zero-order valence-electron chi connectivity index (χ0n) is 6.40. The molecule has 58 valence electrons. The van der Waals surface area contributed by atoms with Crippen LogP contribution in [0.5, 0.6) is 0 Å². The van der Waals surface area contributed by atoms with E-state index in [1.807, 2.05) is 12.3 Å². The molecule has 2 heteroatoms. The van der Waals surface area contributed by atoms with Gasteiger partial charge in [-0.25, -0.2) is 0 Å². The topological polar surface area (TPSA) is 38.9 Å². The predicted octanol–water partition coefficient (Wildman–Crippen LogP) is 1.49. The van der Waals surface area contributed by atoms with Crippen molar-refractivity contribution < 1.29 is 0 Å². The molecular weight excluding hydrogens is 136 g/mol. The highest BCUT2D eigenvalue weighted by atomic mass is 14.7. The maximum Gasteiger partial charge on any atom is 0.0338 e. The highest BCUT2D eigenvalue weighted by Crippen LogP contribution is 2.38. The Morgan fingerprint density at radius 2 is 2.36 bits per heavy atom. The second kappa shape index (κ2) is 2.62. The molecule has 1 aromatic heterocycles. The molecule has 1 aliphatic rings. The fourth-order valence-corrected chi connectivity index (χ4v) is 1.30. The van der Waals surface area contributed by atoms with Crippen molar-refractivity contribution in [3.8, 4) is 0 Å². The number of hydrogen-bond donors (Lipinski definition) is 1. The molecule has 1 aromatic rings. The van der Waals surface area contributed by atoms with Crippen LogP contribution in [-0.2, 0) is 0 Å². The number of aromatic nitrogens is 1. The summed E-state index contributed by atoms with van der Waals surface area (Å²) in [7, 11) is 0. The van der Waals surface area contributed by atoms with E-state index in [0.717, 1.165) is 5.92 Å². The van der Waals surface area contributed by atoms with Crippen molar-refractivity contribution in [1.29, 1.82) is 0 Å². The number of hydrogen-bond acceptors (Lipinski definition) is 2. The van der Waals surface area contributed by atoms with Gasteiger partial charge in [-0.2, -0.15) is 0 Å². The van der Waals surface area contributed by atoms with Crippen molar-refractivity contribution in [2.45, 2.75) is 18.9 Å². The van der Waals surface area contributed by atoms with Crippen molar-refractivity contribution in [3.63, 3.8) is 0 Å². The van der Waals surface area contributed by atoms with Gasteiger partial charge in [0.1, 0.15) is 0 Å². The molecule has 1 aliphatic carbocycles. The summed E-state index contributed by atoms with van der Waals surface area (Å²) in [5.41, 5.74) is 7.14. The van der Waals surface area contributed by atoms with Gasteiger partial charge in [0.25, 0.3) is 0 Å². The van der Waals surface area contributed by atoms with Gasteiger partial charge in [-0.3, -0.25) is 4.98 Å². The minimum atomic E-state index is 0.226. The zero-order chi connectivity index (χ0) is 7.68. The van der Waals surface area contributed by atoms with Gasteiger partial charge in [0, 0.05) is 18.4 Å². The standard InChI is InChI=1S/C9H12N2/c10-9(7-3-4-7)8-2-1-5-11-6-8/h1-2,5-7,9H,3-4,10H2/t9-/m1/s1. The molecule has 0 aromatic carbocycles. The lowest BCUT2D eigenvalue weighted by molar-refractivity contribution is 0.631. The first-order valence-electron chi connectivity index (χ1n) is 4.03. The summed E-state index contributed by atoms with van der Waals surface area (Å²) in [5.74, 6) is 0.721. The van der Waals surface area contributed by atoms with E-state index in [1.54, 1.807) is 6.20 Å². The predicted molar refractivity (Wildman–Crippen MR) is 43.9 cm³/mol. The molecule has 2 rings (SSSR count). The maximum absolute atomic E-state index is 5.96. The Morgan fingerprint density at radius 3 is 2.91 bits per heavy atom. The Bertz CT molecular complexity index is 229. The smallest absolute Gasteiger partial charge is 0.0338 e. The van der Waals surface area contributed by atoms with E-state index in [2.05, 4.69) is 11.1 Å². The second-order valence-corrected chi connectivity index (χ2v) is 3.15. The van der Waals surface area contributed by atoms with Crippen molar-refractivity contribution in [3.05, 3.63) is 30.1 Å². The van der Waals surface area contributed by atoms with Crippen LogP contribution in [0.1, 0.15) is 24.4 Å². The molecule has 0 aliphatic heterocycles. The van der Waals surface area contributed by atoms with E-state index >= 15 is 0 Å². The van der Waals surface area contributed by atoms with Gasteiger partial charge >= 0.3 is 0 Å².